The number of halogens is 1. The van der Waals surface area contributed by atoms with Crippen LogP contribution in [0, 0.1) is 5.82 Å². The zero-order chi connectivity index (χ0) is 22.4. The van der Waals surface area contributed by atoms with Crippen LogP contribution in [0.3, 0.4) is 0 Å². The summed E-state index contributed by atoms with van der Waals surface area (Å²) in [5, 5.41) is 17.5. The van der Waals surface area contributed by atoms with E-state index in [4.69, 9.17) is 0 Å². The summed E-state index contributed by atoms with van der Waals surface area (Å²) in [6, 6.07) is 9.76. The van der Waals surface area contributed by atoms with Gasteiger partial charge in [0.25, 0.3) is 0 Å². The molecule has 0 unspecified atom stereocenters. The number of aryl methyl sites for hydroxylation is 1. The van der Waals surface area contributed by atoms with Crippen LogP contribution in [0.2, 0.25) is 0 Å². The van der Waals surface area contributed by atoms with Gasteiger partial charge in [-0.05, 0) is 42.1 Å². The van der Waals surface area contributed by atoms with Gasteiger partial charge in [0.2, 0.25) is 5.16 Å². The van der Waals surface area contributed by atoms with E-state index < -0.39 is 5.82 Å². The molecular weight excluding hydrogens is 439 g/mol. The molecular formula is C23H21FN8S. The number of fused-ring (bicyclic) bond motifs is 2. The average Bonchev–Trinajstić information content (AvgIpc) is 3.46. The monoisotopic (exact) mass is 460 g/mol. The van der Waals surface area contributed by atoms with Gasteiger partial charge in [0.05, 0.1) is 23.6 Å². The molecule has 0 bridgehead atoms. The summed E-state index contributed by atoms with van der Waals surface area (Å²) in [5.74, 6) is -0.418. The van der Waals surface area contributed by atoms with Crippen molar-refractivity contribution in [1.82, 2.24) is 34.7 Å². The zero-order valence-corrected chi connectivity index (χ0v) is 18.8. The maximum absolute atomic E-state index is 14.7. The minimum atomic E-state index is -0.418. The van der Waals surface area contributed by atoms with E-state index in [0.29, 0.717) is 5.16 Å². The highest BCUT2D eigenvalue weighted by molar-refractivity contribution is 7.99. The van der Waals surface area contributed by atoms with Crippen molar-refractivity contribution in [3.63, 3.8) is 0 Å². The second-order valence-corrected chi connectivity index (χ2v) is 9.08. The van der Waals surface area contributed by atoms with Crippen LogP contribution in [0.25, 0.3) is 27.7 Å². The predicted molar refractivity (Wildman–Crippen MR) is 126 cm³/mol. The molecule has 0 saturated carbocycles. The molecule has 0 aliphatic carbocycles. The van der Waals surface area contributed by atoms with Crippen LogP contribution in [0.1, 0.15) is 0 Å². The van der Waals surface area contributed by atoms with Crippen molar-refractivity contribution >= 4 is 34.0 Å². The Kier molecular flexibility index (Phi) is 4.96. The molecule has 1 aromatic carbocycles. The average molecular weight is 461 g/mol. The third kappa shape index (κ3) is 3.81. The molecule has 4 aromatic heterocycles. The van der Waals surface area contributed by atoms with E-state index in [1.54, 1.807) is 15.3 Å². The number of benzene rings is 1. The lowest BCUT2D eigenvalue weighted by Crippen LogP contribution is -2.43. The lowest BCUT2D eigenvalue weighted by molar-refractivity contribution is 0.589. The van der Waals surface area contributed by atoms with Crippen LogP contribution >= 0.6 is 11.8 Å². The van der Waals surface area contributed by atoms with Crippen LogP contribution in [0.5, 0.6) is 0 Å². The smallest absolute Gasteiger partial charge is 0.200 e. The molecule has 0 amide bonds. The minimum absolute atomic E-state index is 0.202. The minimum Gasteiger partial charge on any atom is -0.368 e. The SMILES string of the molecule is Cn1cc(-c2cc(F)c3nnc(Sc4ccc5ncc(N6CCNCC6)cc5c4)n3c2)cn1. The molecule has 0 spiro atoms. The third-order valence-corrected chi connectivity index (χ3v) is 6.75. The molecule has 5 aromatic rings. The summed E-state index contributed by atoms with van der Waals surface area (Å²) in [6.07, 6.45) is 7.35. The van der Waals surface area contributed by atoms with Gasteiger partial charge < -0.3 is 10.2 Å². The number of pyridine rings is 2. The van der Waals surface area contributed by atoms with E-state index in [-0.39, 0.29) is 5.65 Å². The second-order valence-electron chi connectivity index (χ2n) is 8.04. The Labute approximate surface area is 193 Å². The van der Waals surface area contributed by atoms with Gasteiger partial charge >= 0.3 is 0 Å². The molecule has 33 heavy (non-hydrogen) atoms. The first-order valence-corrected chi connectivity index (χ1v) is 11.5. The second kappa shape index (κ2) is 8.13. The molecule has 5 heterocycles. The lowest BCUT2D eigenvalue weighted by Gasteiger charge is -2.29. The quantitative estimate of drug-likeness (QED) is 0.441. The fourth-order valence-electron chi connectivity index (χ4n) is 4.09. The fourth-order valence-corrected chi connectivity index (χ4v) is 4.95. The van der Waals surface area contributed by atoms with Crippen molar-refractivity contribution in [3.8, 4) is 11.1 Å². The normalized spacial score (nSPS) is 14.4. The number of hydrogen-bond donors (Lipinski definition) is 1. The number of hydrogen-bond acceptors (Lipinski definition) is 7. The van der Waals surface area contributed by atoms with Crippen LogP contribution < -0.4 is 10.2 Å². The van der Waals surface area contributed by atoms with E-state index >= 15 is 0 Å². The molecule has 8 nitrogen and oxygen atoms in total. The van der Waals surface area contributed by atoms with Gasteiger partial charge in [0, 0.05) is 67.0 Å². The molecule has 0 radical (unpaired) electrons. The molecule has 1 N–H and O–H groups in total. The Hall–Kier alpha value is -3.50. The van der Waals surface area contributed by atoms with Gasteiger partial charge in [-0.1, -0.05) is 0 Å². The highest BCUT2D eigenvalue weighted by atomic mass is 32.2. The molecule has 10 heteroatoms. The van der Waals surface area contributed by atoms with Gasteiger partial charge in [-0.3, -0.25) is 14.1 Å². The Morgan fingerprint density at radius 2 is 1.88 bits per heavy atom. The summed E-state index contributed by atoms with van der Waals surface area (Å²) in [7, 11) is 1.83. The number of nitrogens with zero attached hydrogens (tertiary/aromatic N) is 7. The first-order chi connectivity index (χ1) is 16.1. The fraction of sp³-hybridized carbons (Fsp3) is 0.217. The number of piperazine rings is 1. The first kappa shape index (κ1) is 20.1. The largest absolute Gasteiger partial charge is 0.368 e. The van der Waals surface area contributed by atoms with Gasteiger partial charge in [-0.25, -0.2) is 4.39 Å². The lowest BCUT2D eigenvalue weighted by atomic mass is 10.1. The summed E-state index contributed by atoms with van der Waals surface area (Å²) < 4.78 is 18.1. The molecule has 1 aliphatic rings. The molecule has 166 valence electrons. The maximum Gasteiger partial charge on any atom is 0.200 e. The third-order valence-electron chi connectivity index (χ3n) is 5.80. The van der Waals surface area contributed by atoms with Gasteiger partial charge in [0.15, 0.2) is 11.5 Å². The summed E-state index contributed by atoms with van der Waals surface area (Å²) in [5.41, 5.74) is 3.82. The Balaban J connectivity index is 1.35. The zero-order valence-electron chi connectivity index (χ0n) is 17.9. The number of anilines is 1. The van der Waals surface area contributed by atoms with Crippen LogP contribution in [-0.2, 0) is 7.05 Å². The van der Waals surface area contributed by atoms with E-state index in [1.165, 1.54) is 17.8 Å². The number of rotatable bonds is 4. The Morgan fingerprint density at radius 1 is 1.00 bits per heavy atom. The Morgan fingerprint density at radius 3 is 2.70 bits per heavy atom. The molecule has 6 rings (SSSR count). The number of aromatic nitrogens is 6. The summed E-state index contributed by atoms with van der Waals surface area (Å²) in [4.78, 5) is 7.98. The Bertz CT molecular complexity index is 1470. The number of nitrogens with one attached hydrogen (secondary N) is 1. The molecule has 0 atom stereocenters. The molecule has 1 fully saturated rings. The highest BCUT2D eigenvalue weighted by Crippen LogP contribution is 2.32. The van der Waals surface area contributed by atoms with Gasteiger partial charge in [-0.15, -0.1) is 10.2 Å². The van der Waals surface area contributed by atoms with Crippen molar-refractivity contribution < 1.29 is 4.39 Å². The van der Waals surface area contributed by atoms with Crippen molar-refractivity contribution in [2.45, 2.75) is 10.1 Å². The first-order valence-electron chi connectivity index (χ1n) is 10.7. The topological polar surface area (TPSA) is 76.2 Å². The summed E-state index contributed by atoms with van der Waals surface area (Å²) >= 11 is 1.45. The molecule has 1 saturated heterocycles. The van der Waals surface area contributed by atoms with E-state index in [1.807, 2.05) is 37.8 Å². The van der Waals surface area contributed by atoms with Crippen molar-refractivity contribution in [1.29, 1.82) is 0 Å². The maximum atomic E-state index is 14.7. The highest BCUT2D eigenvalue weighted by Gasteiger charge is 2.15. The summed E-state index contributed by atoms with van der Waals surface area (Å²) in [6.45, 7) is 3.90. The van der Waals surface area contributed by atoms with Crippen molar-refractivity contribution in [2.75, 3.05) is 31.1 Å². The van der Waals surface area contributed by atoms with Crippen LogP contribution in [-0.4, -0.2) is 55.5 Å². The van der Waals surface area contributed by atoms with E-state index in [9.17, 15) is 4.39 Å². The van der Waals surface area contributed by atoms with Crippen LogP contribution in [0.4, 0.5) is 10.1 Å². The predicted octanol–water partition coefficient (Wildman–Crippen LogP) is 3.38. The van der Waals surface area contributed by atoms with Gasteiger partial charge in [-0.2, -0.15) is 5.10 Å². The van der Waals surface area contributed by atoms with Crippen molar-refractivity contribution in [3.05, 3.63) is 60.9 Å². The van der Waals surface area contributed by atoms with Crippen molar-refractivity contribution in [2.24, 2.45) is 7.05 Å². The standard InChI is InChI=1S/C23H21FN8S/c1-30-13-17(11-27-30)16-10-20(24)22-28-29-23(32(22)14-16)33-19-2-3-21-15(9-19)8-18(12-26-21)31-6-4-25-5-7-31/h2-3,8-14,25H,4-7H2,1H3. The van der Waals surface area contributed by atoms with Crippen LogP contribution in [0.15, 0.2) is 65.2 Å². The van der Waals surface area contributed by atoms with E-state index in [2.05, 4.69) is 42.6 Å². The van der Waals surface area contributed by atoms with E-state index in [0.717, 1.165) is 58.8 Å². The molecule has 1 aliphatic heterocycles. The van der Waals surface area contributed by atoms with Gasteiger partial charge in [0.1, 0.15) is 0 Å².